The molecule has 1 aliphatic rings. The van der Waals surface area contributed by atoms with E-state index in [2.05, 4.69) is 47.0 Å². The van der Waals surface area contributed by atoms with Crippen molar-refractivity contribution in [3.63, 3.8) is 0 Å². The van der Waals surface area contributed by atoms with Gasteiger partial charge in [0.05, 0.1) is 26.9 Å². The molecule has 7 nitrogen and oxygen atoms in total. The molecule has 0 saturated carbocycles. The molecule has 0 saturated heterocycles. The molecule has 0 fully saturated rings. The molecule has 1 atom stereocenters. The highest BCUT2D eigenvalue weighted by molar-refractivity contribution is 8.13. The molecule has 4 aromatic rings. The van der Waals surface area contributed by atoms with E-state index >= 15 is 0 Å². The summed E-state index contributed by atoms with van der Waals surface area (Å²) in [6, 6.07) is 27.1. The minimum atomic E-state index is -0.603. The van der Waals surface area contributed by atoms with E-state index < -0.39 is 6.04 Å². The number of hydrogen-bond donors (Lipinski definition) is 2. The zero-order valence-electron chi connectivity index (χ0n) is 22.9. The number of methoxy groups -OCH3 is 3. The number of nitrogens with zero attached hydrogens (tertiary/aromatic N) is 1. The lowest BCUT2D eigenvalue weighted by molar-refractivity contribution is -0.113. The Bertz CT molecular complexity index is 1570. The number of thioether (sulfide) groups is 1. The Morgan fingerprint density at radius 1 is 0.900 bits per heavy atom. The molecule has 1 amide bonds. The maximum Gasteiger partial charge on any atom is 0.255 e. The number of allylic oxidation sites excluding steroid dienone is 1. The minimum Gasteiger partial charge on any atom is -0.493 e. The first kappa shape index (κ1) is 27.1. The number of anilines is 1. The van der Waals surface area contributed by atoms with Crippen molar-refractivity contribution < 1.29 is 19.0 Å². The highest BCUT2D eigenvalue weighted by Gasteiger charge is 2.31. The Hall–Kier alpha value is -4.43. The summed E-state index contributed by atoms with van der Waals surface area (Å²) >= 11 is 1.60. The number of aliphatic imine (C=N–C) groups is 1. The Kier molecular flexibility index (Phi) is 8.26. The van der Waals surface area contributed by atoms with Gasteiger partial charge in [0.1, 0.15) is 6.04 Å². The quantitative estimate of drug-likeness (QED) is 0.252. The molecule has 0 spiro atoms. The lowest BCUT2D eigenvalue weighted by Crippen LogP contribution is -2.32. The van der Waals surface area contributed by atoms with Crippen LogP contribution in [-0.4, -0.2) is 32.4 Å². The molecule has 2 N–H and O–H groups in total. The molecule has 0 unspecified atom stereocenters. The molecule has 40 heavy (non-hydrogen) atoms. The lowest BCUT2D eigenvalue weighted by Gasteiger charge is -2.27. The molecule has 0 aromatic heterocycles. The fourth-order valence-electron chi connectivity index (χ4n) is 4.80. The highest BCUT2D eigenvalue weighted by Crippen LogP contribution is 2.43. The van der Waals surface area contributed by atoms with Crippen LogP contribution < -0.4 is 24.8 Å². The lowest BCUT2D eigenvalue weighted by atomic mass is 9.95. The molecule has 1 heterocycles. The van der Waals surface area contributed by atoms with E-state index in [1.54, 1.807) is 33.1 Å². The first-order valence-corrected chi connectivity index (χ1v) is 13.8. The van der Waals surface area contributed by atoms with Gasteiger partial charge in [0, 0.05) is 17.1 Å². The molecular weight excluding hydrogens is 522 g/mol. The van der Waals surface area contributed by atoms with Gasteiger partial charge in [0.25, 0.3) is 5.91 Å². The van der Waals surface area contributed by atoms with Crippen LogP contribution in [0.25, 0.3) is 10.8 Å². The summed E-state index contributed by atoms with van der Waals surface area (Å²) in [4.78, 5) is 18.7. The van der Waals surface area contributed by atoms with Crippen LogP contribution in [0.15, 0.2) is 101 Å². The van der Waals surface area contributed by atoms with Crippen molar-refractivity contribution in [2.24, 2.45) is 4.99 Å². The average Bonchev–Trinajstić information content (AvgIpc) is 2.99. The van der Waals surface area contributed by atoms with Crippen LogP contribution in [0.4, 0.5) is 5.69 Å². The van der Waals surface area contributed by atoms with Crippen molar-refractivity contribution in [2.45, 2.75) is 18.7 Å². The van der Waals surface area contributed by atoms with E-state index in [4.69, 9.17) is 19.2 Å². The van der Waals surface area contributed by atoms with Crippen LogP contribution >= 0.6 is 11.8 Å². The number of para-hydroxylation sites is 1. The Morgan fingerprint density at radius 2 is 1.57 bits per heavy atom. The largest absolute Gasteiger partial charge is 0.493 e. The topological polar surface area (TPSA) is 81.2 Å². The number of amidine groups is 1. The summed E-state index contributed by atoms with van der Waals surface area (Å²) in [5, 5.41) is 9.53. The third-order valence-electron chi connectivity index (χ3n) is 6.74. The maximum absolute atomic E-state index is 13.7. The number of carbonyl (C=O) groups excluding carboxylic acids is 1. The normalized spacial score (nSPS) is 14.8. The number of nitrogens with one attached hydrogen (secondary N) is 2. The summed E-state index contributed by atoms with van der Waals surface area (Å²) in [5.41, 5.74) is 3.90. The fraction of sp³-hybridized carbons (Fsp3) is 0.188. The van der Waals surface area contributed by atoms with E-state index in [9.17, 15) is 4.79 Å². The molecule has 8 heteroatoms. The number of rotatable bonds is 8. The van der Waals surface area contributed by atoms with Gasteiger partial charge in [0.15, 0.2) is 16.7 Å². The average molecular weight is 554 g/mol. The van der Waals surface area contributed by atoms with Gasteiger partial charge < -0.3 is 24.8 Å². The molecule has 4 aromatic carbocycles. The Labute approximate surface area is 238 Å². The molecule has 204 valence electrons. The zero-order chi connectivity index (χ0) is 28.1. The van der Waals surface area contributed by atoms with Gasteiger partial charge in [-0.3, -0.25) is 4.79 Å². The summed E-state index contributed by atoms with van der Waals surface area (Å²) in [5.74, 6) is 1.95. The Balaban J connectivity index is 1.52. The number of benzene rings is 4. The smallest absolute Gasteiger partial charge is 0.255 e. The highest BCUT2D eigenvalue weighted by atomic mass is 32.2. The van der Waals surface area contributed by atoms with Gasteiger partial charge >= 0.3 is 0 Å². The SMILES string of the molecule is COc1cc([C@H]2N=C(SCc3cccc4ccccc34)NC(C)=C2C(=O)Nc2ccccc2)cc(OC)c1OC. The Morgan fingerprint density at radius 3 is 2.27 bits per heavy atom. The van der Waals surface area contributed by atoms with Gasteiger partial charge in [-0.05, 0) is 53.1 Å². The minimum absolute atomic E-state index is 0.239. The van der Waals surface area contributed by atoms with E-state index in [0.717, 1.165) is 16.4 Å². The second-order valence-corrected chi connectivity index (χ2v) is 10.2. The van der Waals surface area contributed by atoms with Crippen molar-refractivity contribution >= 4 is 39.3 Å². The summed E-state index contributed by atoms with van der Waals surface area (Å²) in [7, 11) is 4.71. The molecular formula is C32H31N3O4S. The van der Waals surface area contributed by atoms with Crippen LogP contribution in [0.3, 0.4) is 0 Å². The standard InChI is InChI=1S/C32H31N3O4S/c1-20-28(31(36)34-24-14-6-5-7-15-24)29(23-17-26(37-2)30(39-4)27(18-23)38-3)35-32(33-20)40-19-22-13-10-12-21-11-8-9-16-25(21)22/h5-18,29H,19H2,1-4H3,(H,33,35)(H,34,36)/t29-/m1/s1. The van der Waals surface area contributed by atoms with E-state index in [0.29, 0.717) is 34.3 Å². The predicted octanol–water partition coefficient (Wildman–Crippen LogP) is 6.71. The van der Waals surface area contributed by atoms with Crippen LogP contribution in [0.5, 0.6) is 17.2 Å². The van der Waals surface area contributed by atoms with Gasteiger partial charge in [0.2, 0.25) is 5.75 Å². The third kappa shape index (κ3) is 5.62. The first-order valence-electron chi connectivity index (χ1n) is 12.8. The summed E-state index contributed by atoms with van der Waals surface area (Å²) in [6.07, 6.45) is 0. The van der Waals surface area contributed by atoms with Crippen LogP contribution in [0, 0.1) is 0 Å². The summed E-state index contributed by atoms with van der Waals surface area (Å²) in [6.45, 7) is 1.90. The number of carbonyl (C=O) groups is 1. The van der Waals surface area contributed by atoms with Crippen molar-refractivity contribution in [3.8, 4) is 17.2 Å². The van der Waals surface area contributed by atoms with Crippen LogP contribution in [-0.2, 0) is 10.5 Å². The van der Waals surface area contributed by atoms with Crippen molar-refractivity contribution in [1.29, 1.82) is 0 Å². The van der Waals surface area contributed by atoms with Crippen molar-refractivity contribution in [3.05, 3.63) is 107 Å². The van der Waals surface area contributed by atoms with E-state index in [-0.39, 0.29) is 5.91 Å². The first-order chi connectivity index (χ1) is 19.5. The zero-order valence-corrected chi connectivity index (χ0v) is 23.7. The monoisotopic (exact) mass is 553 g/mol. The fourth-order valence-corrected chi connectivity index (χ4v) is 5.75. The molecule has 0 radical (unpaired) electrons. The third-order valence-corrected chi connectivity index (χ3v) is 7.68. The second-order valence-electron chi connectivity index (χ2n) is 9.21. The molecule has 5 rings (SSSR count). The van der Waals surface area contributed by atoms with Gasteiger partial charge in [-0.25, -0.2) is 4.99 Å². The second kappa shape index (κ2) is 12.2. The predicted molar refractivity (Wildman–Crippen MR) is 162 cm³/mol. The number of fused-ring (bicyclic) bond motifs is 1. The van der Waals surface area contributed by atoms with Crippen LogP contribution in [0.1, 0.15) is 24.1 Å². The van der Waals surface area contributed by atoms with Crippen LogP contribution in [0.2, 0.25) is 0 Å². The van der Waals surface area contributed by atoms with Crippen molar-refractivity contribution in [1.82, 2.24) is 5.32 Å². The number of hydrogen-bond acceptors (Lipinski definition) is 7. The molecule has 0 aliphatic carbocycles. The number of amides is 1. The summed E-state index contributed by atoms with van der Waals surface area (Å²) < 4.78 is 16.7. The van der Waals surface area contributed by atoms with E-state index in [1.807, 2.05) is 55.5 Å². The molecule has 0 bridgehead atoms. The van der Waals surface area contributed by atoms with Gasteiger partial charge in [-0.15, -0.1) is 0 Å². The maximum atomic E-state index is 13.7. The van der Waals surface area contributed by atoms with Gasteiger partial charge in [-0.1, -0.05) is 72.4 Å². The molecule has 1 aliphatic heterocycles. The van der Waals surface area contributed by atoms with Gasteiger partial charge in [-0.2, -0.15) is 0 Å². The van der Waals surface area contributed by atoms with Crippen molar-refractivity contribution in [2.75, 3.05) is 26.6 Å². The number of ether oxygens (including phenoxy) is 3. The van der Waals surface area contributed by atoms with E-state index in [1.165, 1.54) is 16.3 Å².